The minimum atomic E-state index is -0.246. The minimum Gasteiger partial charge on any atom is -0.469 e. The van der Waals surface area contributed by atoms with Crippen LogP contribution in [-0.4, -0.2) is 35.5 Å². The molecule has 0 saturated heterocycles. The van der Waals surface area contributed by atoms with Crippen molar-refractivity contribution in [3.05, 3.63) is 0 Å². The normalized spacial score (nSPS) is 50.2. The summed E-state index contributed by atoms with van der Waals surface area (Å²) in [6.07, 6.45) is 9.86. The Labute approximate surface area is 176 Å². The molecule has 4 saturated carbocycles. The van der Waals surface area contributed by atoms with Gasteiger partial charge < -0.3 is 14.9 Å². The predicted molar refractivity (Wildman–Crippen MR) is 113 cm³/mol. The number of ether oxygens (including phenoxy) is 1. The number of carbonyl (C=O) groups excluding carboxylic acids is 1. The van der Waals surface area contributed by atoms with Crippen LogP contribution < -0.4 is 0 Å². The lowest BCUT2D eigenvalue weighted by molar-refractivity contribution is -0.175. The Hall–Kier alpha value is -0.610. The standard InChI is InChI=1S/C25H42O4/c1-15(5-10-23(28)29-4)19-8-9-20-18-7-6-16-13-17(26)11-12-24(16,2)21(18)14-22(27)25(19,20)3/h15-22,26-27H,5-14H2,1-4H3/t15-,16-,17-,18-,19+,20+,21-,22+,24+,25-/m1/s1. The van der Waals surface area contributed by atoms with Crippen molar-refractivity contribution in [2.45, 2.75) is 97.2 Å². The lowest BCUT2D eigenvalue weighted by Crippen LogP contribution is -2.58. The number of carbonyl (C=O) groups is 1. The molecule has 4 nitrogen and oxygen atoms in total. The molecular weight excluding hydrogens is 364 g/mol. The van der Waals surface area contributed by atoms with Crippen molar-refractivity contribution in [1.29, 1.82) is 0 Å². The fraction of sp³-hybridized carbons (Fsp3) is 0.960. The van der Waals surface area contributed by atoms with E-state index in [0.29, 0.717) is 41.4 Å². The van der Waals surface area contributed by atoms with Crippen LogP contribution in [0.4, 0.5) is 0 Å². The fourth-order valence-electron chi connectivity index (χ4n) is 8.81. The summed E-state index contributed by atoms with van der Waals surface area (Å²) in [6.45, 7) is 7.12. The highest BCUT2D eigenvalue weighted by Gasteiger charge is 2.63. The predicted octanol–water partition coefficient (Wildman–Crippen LogP) is 4.57. The lowest BCUT2D eigenvalue weighted by Gasteiger charge is -2.62. The van der Waals surface area contributed by atoms with Gasteiger partial charge in [0.05, 0.1) is 19.3 Å². The summed E-state index contributed by atoms with van der Waals surface area (Å²) in [5.41, 5.74) is 0.271. The zero-order valence-corrected chi connectivity index (χ0v) is 18.9. The number of rotatable bonds is 4. The zero-order valence-electron chi connectivity index (χ0n) is 18.9. The van der Waals surface area contributed by atoms with Crippen LogP contribution in [0.5, 0.6) is 0 Å². The van der Waals surface area contributed by atoms with E-state index in [1.54, 1.807) is 0 Å². The maximum Gasteiger partial charge on any atom is 0.305 e. The molecule has 0 unspecified atom stereocenters. The van der Waals surface area contributed by atoms with Gasteiger partial charge in [0.1, 0.15) is 0 Å². The van der Waals surface area contributed by atoms with E-state index in [1.807, 2.05) is 0 Å². The van der Waals surface area contributed by atoms with E-state index in [9.17, 15) is 15.0 Å². The van der Waals surface area contributed by atoms with Crippen LogP contribution in [0.25, 0.3) is 0 Å². The number of hydrogen-bond acceptors (Lipinski definition) is 4. The van der Waals surface area contributed by atoms with E-state index in [1.165, 1.54) is 32.8 Å². The summed E-state index contributed by atoms with van der Waals surface area (Å²) < 4.78 is 4.85. The molecule has 0 radical (unpaired) electrons. The van der Waals surface area contributed by atoms with Gasteiger partial charge in [-0.3, -0.25) is 4.79 Å². The molecule has 10 atom stereocenters. The van der Waals surface area contributed by atoms with E-state index < -0.39 is 0 Å². The monoisotopic (exact) mass is 406 g/mol. The molecule has 4 heteroatoms. The van der Waals surface area contributed by atoms with Crippen molar-refractivity contribution >= 4 is 5.97 Å². The highest BCUT2D eigenvalue weighted by atomic mass is 16.5. The fourth-order valence-corrected chi connectivity index (χ4v) is 8.81. The van der Waals surface area contributed by atoms with E-state index in [4.69, 9.17) is 4.74 Å². The second kappa shape index (κ2) is 7.82. The van der Waals surface area contributed by atoms with Gasteiger partial charge in [0, 0.05) is 6.42 Å². The van der Waals surface area contributed by atoms with Crippen LogP contribution in [0.2, 0.25) is 0 Å². The Morgan fingerprint density at radius 1 is 1.07 bits per heavy atom. The third-order valence-electron chi connectivity index (χ3n) is 10.5. The van der Waals surface area contributed by atoms with Crippen molar-refractivity contribution in [3.63, 3.8) is 0 Å². The molecule has 0 spiro atoms. The molecule has 166 valence electrons. The molecule has 4 fully saturated rings. The first-order valence-electron chi connectivity index (χ1n) is 12.1. The molecule has 4 aliphatic rings. The summed E-state index contributed by atoms with van der Waals surface area (Å²) in [5, 5.41) is 21.8. The molecule has 0 aromatic heterocycles. The largest absolute Gasteiger partial charge is 0.469 e. The van der Waals surface area contributed by atoms with Gasteiger partial charge >= 0.3 is 5.97 Å². The van der Waals surface area contributed by atoms with E-state index in [2.05, 4.69) is 20.8 Å². The van der Waals surface area contributed by atoms with Crippen LogP contribution in [0.15, 0.2) is 0 Å². The highest BCUT2D eigenvalue weighted by Crippen LogP contribution is 2.68. The van der Waals surface area contributed by atoms with Gasteiger partial charge in [-0.25, -0.2) is 0 Å². The average molecular weight is 407 g/mol. The summed E-state index contributed by atoms with van der Waals surface area (Å²) in [6, 6.07) is 0. The Kier molecular flexibility index (Phi) is 5.83. The summed E-state index contributed by atoms with van der Waals surface area (Å²) in [7, 11) is 1.46. The second-order valence-electron chi connectivity index (χ2n) is 11.5. The van der Waals surface area contributed by atoms with Gasteiger partial charge in [-0.1, -0.05) is 20.8 Å². The van der Waals surface area contributed by atoms with Gasteiger partial charge in [-0.05, 0) is 104 Å². The van der Waals surface area contributed by atoms with E-state index >= 15 is 0 Å². The van der Waals surface area contributed by atoms with Gasteiger partial charge in [0.25, 0.3) is 0 Å². The van der Waals surface area contributed by atoms with Crippen molar-refractivity contribution in [3.8, 4) is 0 Å². The molecule has 0 heterocycles. The summed E-state index contributed by atoms with van der Waals surface area (Å²) in [4.78, 5) is 11.6. The van der Waals surface area contributed by atoms with Crippen LogP contribution in [0.3, 0.4) is 0 Å². The zero-order chi connectivity index (χ0) is 21.0. The number of hydrogen-bond donors (Lipinski definition) is 2. The first-order valence-corrected chi connectivity index (χ1v) is 12.1. The van der Waals surface area contributed by atoms with Gasteiger partial charge in [-0.15, -0.1) is 0 Å². The van der Waals surface area contributed by atoms with Gasteiger partial charge in [0.15, 0.2) is 0 Å². The van der Waals surface area contributed by atoms with Crippen molar-refractivity contribution in [2.75, 3.05) is 7.11 Å². The molecule has 29 heavy (non-hydrogen) atoms. The second-order valence-corrected chi connectivity index (χ2v) is 11.5. The van der Waals surface area contributed by atoms with Crippen molar-refractivity contribution < 1.29 is 19.7 Å². The Bertz CT molecular complexity index is 620. The smallest absolute Gasteiger partial charge is 0.305 e. The molecular formula is C25H42O4. The topological polar surface area (TPSA) is 66.8 Å². The molecule has 4 aliphatic carbocycles. The number of esters is 1. The maximum absolute atomic E-state index is 11.6. The van der Waals surface area contributed by atoms with Gasteiger partial charge in [0.2, 0.25) is 0 Å². The molecule has 0 aliphatic heterocycles. The maximum atomic E-state index is 11.6. The Balaban J connectivity index is 1.53. The third-order valence-corrected chi connectivity index (χ3v) is 10.5. The Morgan fingerprint density at radius 3 is 2.55 bits per heavy atom. The number of methoxy groups -OCH3 is 1. The van der Waals surface area contributed by atoms with Crippen LogP contribution in [0.1, 0.15) is 85.0 Å². The molecule has 2 N–H and O–H groups in total. The number of aliphatic hydroxyl groups is 2. The van der Waals surface area contributed by atoms with E-state index in [0.717, 1.165) is 38.0 Å². The molecule has 0 aromatic carbocycles. The molecule has 0 amide bonds. The molecule has 0 bridgehead atoms. The molecule has 4 rings (SSSR count). The number of fused-ring (bicyclic) bond motifs is 5. The Morgan fingerprint density at radius 2 is 1.83 bits per heavy atom. The average Bonchev–Trinajstić information content (AvgIpc) is 3.06. The quantitative estimate of drug-likeness (QED) is 0.671. The SMILES string of the molecule is COC(=O)CC[C@@H](C)[C@@H]1CC[C@H]2[C@H]3CC[C@@H]4C[C@H](O)CC[C@]4(C)[C@@H]3C[C@H](O)[C@@]21C. The van der Waals surface area contributed by atoms with Crippen LogP contribution in [0, 0.1) is 46.3 Å². The first kappa shape index (κ1) is 21.6. The van der Waals surface area contributed by atoms with Crippen LogP contribution in [-0.2, 0) is 9.53 Å². The molecule has 0 aromatic rings. The van der Waals surface area contributed by atoms with E-state index in [-0.39, 0.29) is 23.6 Å². The first-order chi connectivity index (χ1) is 13.7. The lowest BCUT2D eigenvalue weighted by atomic mass is 9.43. The number of aliphatic hydroxyl groups excluding tert-OH is 2. The summed E-state index contributed by atoms with van der Waals surface area (Å²) >= 11 is 0. The highest BCUT2D eigenvalue weighted by molar-refractivity contribution is 5.69. The van der Waals surface area contributed by atoms with Crippen LogP contribution >= 0.6 is 0 Å². The summed E-state index contributed by atoms with van der Waals surface area (Å²) in [5.74, 6) is 3.36. The van der Waals surface area contributed by atoms with Crippen molar-refractivity contribution in [2.24, 2.45) is 46.3 Å². The third kappa shape index (κ3) is 3.37. The van der Waals surface area contributed by atoms with Crippen molar-refractivity contribution in [1.82, 2.24) is 0 Å². The minimum absolute atomic E-state index is 0.0198. The van der Waals surface area contributed by atoms with Gasteiger partial charge in [-0.2, -0.15) is 0 Å².